The van der Waals surface area contributed by atoms with Gasteiger partial charge in [0.15, 0.2) is 0 Å². The van der Waals surface area contributed by atoms with Crippen molar-refractivity contribution >= 4 is 71.4 Å². The summed E-state index contributed by atoms with van der Waals surface area (Å²) in [5.41, 5.74) is 10.3. The first-order valence-corrected chi connectivity index (χ1v) is 16.8. The van der Waals surface area contributed by atoms with Gasteiger partial charge in [-0.1, -0.05) is 127 Å². The van der Waals surface area contributed by atoms with Crippen molar-refractivity contribution in [1.29, 1.82) is 0 Å². The van der Waals surface area contributed by atoms with Crippen LogP contribution in [0.25, 0.3) is 65.8 Å². The molecule has 0 fully saturated rings. The molecule has 0 aliphatic heterocycles. The summed E-state index contributed by atoms with van der Waals surface area (Å²) >= 11 is 0. The number of para-hydroxylation sites is 5. The van der Waals surface area contributed by atoms with Gasteiger partial charge in [0.2, 0.25) is 0 Å². The zero-order valence-electron chi connectivity index (χ0n) is 26.7. The molecule has 10 aromatic rings. The van der Waals surface area contributed by atoms with Crippen molar-refractivity contribution in [1.82, 2.24) is 9.13 Å². The average molecular weight is 626 g/mol. The first-order chi connectivity index (χ1) is 24.3. The summed E-state index contributed by atoms with van der Waals surface area (Å²) in [5.74, 6) is 0. The van der Waals surface area contributed by atoms with E-state index >= 15 is 0 Å². The van der Waals surface area contributed by atoms with Gasteiger partial charge in [-0.05, 0) is 66.0 Å². The van der Waals surface area contributed by atoms with E-state index in [2.05, 4.69) is 202 Å². The Labute approximate surface area is 284 Å². The Kier molecular flexibility index (Phi) is 6.18. The molecular weight excluding hydrogens is 595 g/mol. The number of rotatable bonds is 5. The minimum atomic E-state index is 1.10. The molecule has 0 spiro atoms. The molecule has 10 rings (SSSR count). The third-order valence-corrected chi connectivity index (χ3v) is 9.85. The van der Waals surface area contributed by atoms with Gasteiger partial charge in [-0.2, -0.15) is 0 Å². The van der Waals surface area contributed by atoms with Gasteiger partial charge >= 0.3 is 0 Å². The summed E-state index contributed by atoms with van der Waals surface area (Å²) in [6.07, 6.45) is 0. The van der Waals surface area contributed by atoms with Gasteiger partial charge in [-0.25, -0.2) is 0 Å². The van der Waals surface area contributed by atoms with Crippen LogP contribution >= 0.6 is 0 Å². The predicted octanol–water partition coefficient (Wildman–Crippen LogP) is 12.5. The molecule has 2 aromatic heterocycles. The molecule has 3 nitrogen and oxygen atoms in total. The Morgan fingerprint density at radius 2 is 0.857 bits per heavy atom. The highest BCUT2D eigenvalue weighted by Gasteiger charge is 2.24. The number of benzene rings is 8. The van der Waals surface area contributed by atoms with Gasteiger partial charge in [0.25, 0.3) is 0 Å². The van der Waals surface area contributed by atoms with Crippen molar-refractivity contribution < 1.29 is 0 Å². The van der Waals surface area contributed by atoms with Crippen LogP contribution in [-0.4, -0.2) is 9.13 Å². The van der Waals surface area contributed by atoms with Crippen LogP contribution in [0, 0.1) is 0 Å². The summed E-state index contributed by atoms with van der Waals surface area (Å²) in [4.78, 5) is 2.42. The highest BCUT2D eigenvalue weighted by Crippen LogP contribution is 2.45. The van der Waals surface area contributed by atoms with Gasteiger partial charge in [0, 0.05) is 44.0 Å². The van der Waals surface area contributed by atoms with Crippen LogP contribution in [0.5, 0.6) is 0 Å². The molecule has 8 aromatic carbocycles. The van der Waals surface area contributed by atoms with Gasteiger partial charge in [-0.3, -0.25) is 0 Å². The SMILES string of the molecule is c1ccc(N(c2cc(-n3c4ccccc4c4ccccc43)c3c(c2)c2ccccc2n3-c2ccccc2)c2cccc3ccccc23)cc1. The van der Waals surface area contributed by atoms with Crippen molar-refractivity contribution in [2.75, 3.05) is 4.90 Å². The van der Waals surface area contributed by atoms with E-state index in [9.17, 15) is 0 Å². The maximum atomic E-state index is 2.47. The number of anilines is 3. The predicted molar refractivity (Wildman–Crippen MR) is 207 cm³/mol. The Bertz CT molecular complexity index is 2770. The number of aromatic nitrogens is 2. The molecule has 0 N–H and O–H groups in total. The van der Waals surface area contributed by atoms with Crippen molar-refractivity contribution in [3.63, 3.8) is 0 Å². The molecule has 230 valence electrons. The van der Waals surface area contributed by atoms with Crippen LogP contribution in [-0.2, 0) is 0 Å². The quantitative estimate of drug-likeness (QED) is 0.185. The molecule has 0 radical (unpaired) electrons. The normalized spacial score (nSPS) is 11.7. The summed E-state index contributed by atoms with van der Waals surface area (Å²) in [7, 11) is 0. The monoisotopic (exact) mass is 625 g/mol. The van der Waals surface area contributed by atoms with Crippen molar-refractivity contribution in [3.05, 3.63) is 188 Å². The lowest BCUT2D eigenvalue weighted by Crippen LogP contribution is -2.11. The highest BCUT2D eigenvalue weighted by molar-refractivity contribution is 6.16. The molecular formula is C46H31N3. The lowest BCUT2D eigenvalue weighted by Gasteiger charge is -2.28. The Morgan fingerprint density at radius 3 is 1.53 bits per heavy atom. The largest absolute Gasteiger partial charge is 0.310 e. The van der Waals surface area contributed by atoms with Crippen LogP contribution in [0.1, 0.15) is 0 Å². The third kappa shape index (κ3) is 4.23. The minimum Gasteiger partial charge on any atom is -0.310 e. The van der Waals surface area contributed by atoms with E-state index in [0.29, 0.717) is 0 Å². The number of hydrogen-bond acceptors (Lipinski definition) is 1. The maximum absolute atomic E-state index is 2.47. The fourth-order valence-corrected chi connectivity index (χ4v) is 7.80. The van der Waals surface area contributed by atoms with Gasteiger partial charge < -0.3 is 14.0 Å². The zero-order chi connectivity index (χ0) is 32.3. The van der Waals surface area contributed by atoms with Crippen LogP contribution < -0.4 is 4.90 Å². The molecule has 0 amide bonds. The van der Waals surface area contributed by atoms with E-state index in [1.165, 1.54) is 54.4 Å². The number of nitrogens with zero attached hydrogens (tertiary/aromatic N) is 3. The topological polar surface area (TPSA) is 13.1 Å². The summed E-state index contributed by atoms with van der Waals surface area (Å²) in [6, 6.07) is 68.0. The summed E-state index contributed by atoms with van der Waals surface area (Å²) in [6.45, 7) is 0. The van der Waals surface area contributed by atoms with Crippen molar-refractivity contribution in [2.45, 2.75) is 0 Å². The average Bonchev–Trinajstić information content (AvgIpc) is 3.69. The highest BCUT2D eigenvalue weighted by atomic mass is 15.2. The van der Waals surface area contributed by atoms with E-state index in [4.69, 9.17) is 0 Å². The number of hydrogen-bond donors (Lipinski definition) is 0. The van der Waals surface area contributed by atoms with Crippen molar-refractivity contribution in [2.24, 2.45) is 0 Å². The molecule has 0 aliphatic carbocycles. The fourth-order valence-electron chi connectivity index (χ4n) is 7.80. The lowest BCUT2D eigenvalue weighted by atomic mass is 10.0. The second-order valence-electron chi connectivity index (χ2n) is 12.6. The van der Waals surface area contributed by atoms with E-state index in [1.807, 2.05) is 0 Å². The Hall–Kier alpha value is -6.58. The smallest absolute Gasteiger partial charge is 0.0784 e. The molecule has 0 saturated carbocycles. The molecule has 49 heavy (non-hydrogen) atoms. The van der Waals surface area contributed by atoms with Crippen LogP contribution in [0.15, 0.2) is 188 Å². The van der Waals surface area contributed by atoms with E-state index in [1.54, 1.807) is 0 Å². The summed E-state index contributed by atoms with van der Waals surface area (Å²) < 4.78 is 4.92. The lowest BCUT2D eigenvalue weighted by molar-refractivity contribution is 1.13. The van der Waals surface area contributed by atoms with E-state index in [0.717, 1.165) is 28.4 Å². The van der Waals surface area contributed by atoms with Crippen LogP contribution in [0.2, 0.25) is 0 Å². The molecule has 0 atom stereocenters. The second kappa shape index (κ2) is 11.0. The van der Waals surface area contributed by atoms with Crippen molar-refractivity contribution in [3.8, 4) is 11.4 Å². The second-order valence-corrected chi connectivity index (χ2v) is 12.6. The van der Waals surface area contributed by atoms with E-state index < -0.39 is 0 Å². The van der Waals surface area contributed by atoms with Crippen LogP contribution in [0.4, 0.5) is 17.1 Å². The third-order valence-electron chi connectivity index (χ3n) is 9.85. The molecule has 0 saturated heterocycles. The van der Waals surface area contributed by atoms with Crippen LogP contribution in [0.3, 0.4) is 0 Å². The zero-order valence-corrected chi connectivity index (χ0v) is 26.7. The molecule has 2 heterocycles. The summed E-state index contributed by atoms with van der Waals surface area (Å²) in [5, 5.41) is 7.33. The van der Waals surface area contributed by atoms with Gasteiger partial charge in [0.05, 0.1) is 33.4 Å². The van der Waals surface area contributed by atoms with Gasteiger partial charge in [0.1, 0.15) is 0 Å². The maximum Gasteiger partial charge on any atom is 0.0784 e. The van der Waals surface area contributed by atoms with E-state index in [-0.39, 0.29) is 0 Å². The minimum absolute atomic E-state index is 1.10. The molecule has 0 unspecified atom stereocenters. The number of fused-ring (bicyclic) bond motifs is 7. The first kappa shape index (κ1) is 27.5. The molecule has 0 aliphatic rings. The van der Waals surface area contributed by atoms with Gasteiger partial charge in [-0.15, -0.1) is 0 Å². The Balaban J connectivity index is 1.41. The fraction of sp³-hybridized carbons (Fsp3) is 0. The standard InChI is InChI=1S/C46H31N3/c1-3-18-33(19-4-1)47(41-29-15-17-32-16-7-8-22-36(32)41)35-30-40-39-25-11-12-26-42(39)48(34-20-5-2-6-21-34)46(40)45(31-35)49-43-27-13-9-23-37(43)38-24-10-14-28-44(38)49/h1-31H. The molecule has 3 heteroatoms. The Morgan fingerprint density at radius 1 is 0.347 bits per heavy atom. The molecule has 0 bridgehead atoms. The first-order valence-electron chi connectivity index (χ1n) is 16.8.